The first kappa shape index (κ1) is 16.0. The first-order chi connectivity index (χ1) is 9.86. The van der Waals surface area contributed by atoms with Gasteiger partial charge >= 0.3 is 0 Å². The predicted molar refractivity (Wildman–Crippen MR) is 91.2 cm³/mol. The number of benzene rings is 1. The highest BCUT2D eigenvalue weighted by Gasteiger charge is 2.51. The summed E-state index contributed by atoms with van der Waals surface area (Å²) in [7, 11) is -1.09. The fourth-order valence-electron chi connectivity index (χ4n) is 2.16. The van der Waals surface area contributed by atoms with Crippen LogP contribution in [-0.2, 0) is 11.2 Å². The van der Waals surface area contributed by atoms with E-state index >= 15 is 0 Å². The van der Waals surface area contributed by atoms with Gasteiger partial charge in [-0.05, 0) is 49.6 Å². The third kappa shape index (κ3) is 4.05. The summed E-state index contributed by atoms with van der Waals surface area (Å²) in [5, 5.41) is 2.32. The second-order valence-electron chi connectivity index (χ2n) is 6.21. The Hall–Kier alpha value is -1.39. The number of aryl methyl sites for hydroxylation is 1. The van der Waals surface area contributed by atoms with Crippen LogP contribution in [0.15, 0.2) is 36.7 Å². The Morgan fingerprint density at radius 3 is 2.57 bits per heavy atom. The lowest BCUT2D eigenvalue weighted by Gasteiger charge is -2.09. The maximum Gasteiger partial charge on any atom is 0.120 e. The number of fused-ring (bicyclic) bond motifs is 1. The monoisotopic (exact) mass is 305 g/mol. The van der Waals surface area contributed by atoms with E-state index in [1.165, 1.54) is 10.9 Å². The Bertz CT molecular complexity index is 625. The van der Waals surface area contributed by atoms with E-state index in [9.17, 15) is 9.35 Å². The Morgan fingerprint density at radius 2 is 2.00 bits per heavy atom. The molecular formula is C17H23NO2S. The van der Waals surface area contributed by atoms with Gasteiger partial charge in [0.1, 0.15) is 6.29 Å². The number of nitrogens with zero attached hydrogens (tertiary/aromatic N) is 1. The number of carbonyl (C=O) groups excluding carboxylic acids is 1. The average Bonchev–Trinajstić information content (AvgIpc) is 2.92. The van der Waals surface area contributed by atoms with E-state index < -0.39 is 10.3 Å². The van der Waals surface area contributed by atoms with Crippen LogP contribution in [0.5, 0.6) is 0 Å². The molecule has 21 heavy (non-hydrogen) atoms. The molecule has 1 aromatic heterocycles. The number of carbonyl (C=O) groups is 1. The summed E-state index contributed by atoms with van der Waals surface area (Å²) < 4.78 is 9.53. The Morgan fingerprint density at radius 1 is 1.33 bits per heavy atom. The van der Waals surface area contributed by atoms with Gasteiger partial charge in [0.15, 0.2) is 0 Å². The van der Waals surface area contributed by atoms with E-state index in [1.807, 2.05) is 18.5 Å². The zero-order valence-corrected chi connectivity index (χ0v) is 13.7. The molecule has 1 fully saturated rings. The Labute approximate surface area is 127 Å². The summed E-state index contributed by atoms with van der Waals surface area (Å²) >= 11 is 0. The van der Waals surface area contributed by atoms with E-state index in [2.05, 4.69) is 37.0 Å². The average molecular weight is 305 g/mol. The molecule has 1 N–H and O–H groups in total. The summed E-state index contributed by atoms with van der Waals surface area (Å²) in [6, 6.07) is 8.20. The molecule has 1 aromatic carbocycles. The van der Waals surface area contributed by atoms with Gasteiger partial charge in [-0.2, -0.15) is 0 Å². The molecule has 1 unspecified atom stereocenters. The molecule has 0 bridgehead atoms. The normalized spacial score (nSPS) is 25.3. The third-order valence-electron chi connectivity index (χ3n) is 3.99. The van der Waals surface area contributed by atoms with Crippen molar-refractivity contribution in [3.8, 4) is 0 Å². The molecule has 1 saturated heterocycles. The standard InChI is InChI=1S/C12H11NO.C5H12OS/c14-7-1-2-10-3-4-11-5-6-13-9-12(11)8-10;1-5(2)4-7(5,3)6/h3-9H,1-2H2;6H,4H2,1-3H3. The van der Waals surface area contributed by atoms with Crippen molar-refractivity contribution in [2.24, 2.45) is 0 Å². The van der Waals surface area contributed by atoms with Gasteiger partial charge in [-0.1, -0.05) is 12.1 Å². The molecule has 3 nitrogen and oxygen atoms in total. The van der Waals surface area contributed by atoms with Gasteiger partial charge in [0.2, 0.25) is 0 Å². The van der Waals surface area contributed by atoms with Gasteiger partial charge in [-0.15, -0.1) is 10.3 Å². The maximum absolute atomic E-state index is 10.2. The topological polar surface area (TPSA) is 50.2 Å². The third-order valence-corrected chi connectivity index (χ3v) is 7.45. The fraction of sp³-hybridized carbons (Fsp3) is 0.412. The predicted octanol–water partition coefficient (Wildman–Crippen LogP) is 4.05. The van der Waals surface area contributed by atoms with Crippen LogP contribution < -0.4 is 0 Å². The summed E-state index contributed by atoms with van der Waals surface area (Å²) in [6.07, 6.45) is 7.95. The molecule has 0 saturated carbocycles. The van der Waals surface area contributed by atoms with Crippen LogP contribution in [0.3, 0.4) is 0 Å². The lowest BCUT2D eigenvalue weighted by Crippen LogP contribution is -1.95. The van der Waals surface area contributed by atoms with E-state index in [4.69, 9.17) is 0 Å². The molecule has 0 radical (unpaired) electrons. The lowest BCUT2D eigenvalue weighted by atomic mass is 10.1. The second-order valence-corrected chi connectivity index (χ2v) is 9.68. The minimum atomic E-state index is -1.09. The van der Waals surface area contributed by atoms with Crippen molar-refractivity contribution in [1.29, 1.82) is 0 Å². The highest BCUT2D eigenvalue weighted by Crippen LogP contribution is 2.70. The largest absolute Gasteiger partial charge is 0.351 e. The molecular weight excluding hydrogens is 282 g/mol. The second kappa shape index (κ2) is 6.16. The molecule has 1 aliphatic heterocycles. The summed E-state index contributed by atoms with van der Waals surface area (Å²) in [5.41, 5.74) is 1.19. The van der Waals surface area contributed by atoms with Crippen LogP contribution in [0.25, 0.3) is 10.8 Å². The van der Waals surface area contributed by atoms with Gasteiger partial charge in [0.25, 0.3) is 0 Å². The Kier molecular flexibility index (Phi) is 4.69. The lowest BCUT2D eigenvalue weighted by molar-refractivity contribution is -0.107. The maximum atomic E-state index is 10.2. The van der Waals surface area contributed by atoms with Crippen molar-refractivity contribution in [3.05, 3.63) is 42.2 Å². The van der Waals surface area contributed by atoms with E-state index in [1.54, 1.807) is 6.20 Å². The van der Waals surface area contributed by atoms with E-state index in [0.29, 0.717) is 6.42 Å². The number of pyridine rings is 1. The first-order valence-electron chi connectivity index (χ1n) is 7.10. The van der Waals surface area contributed by atoms with Gasteiger partial charge in [-0.25, -0.2) is 0 Å². The summed E-state index contributed by atoms with van der Waals surface area (Å²) in [5.74, 6) is 1.04. The van der Waals surface area contributed by atoms with Crippen molar-refractivity contribution >= 4 is 27.4 Å². The molecule has 4 heteroatoms. The van der Waals surface area contributed by atoms with Crippen molar-refractivity contribution in [3.63, 3.8) is 0 Å². The van der Waals surface area contributed by atoms with Crippen LogP contribution in [-0.4, -0.2) is 32.6 Å². The van der Waals surface area contributed by atoms with Crippen molar-refractivity contribution in [1.82, 2.24) is 4.98 Å². The van der Waals surface area contributed by atoms with Crippen molar-refractivity contribution < 1.29 is 9.35 Å². The summed E-state index contributed by atoms with van der Waals surface area (Å²) in [4.78, 5) is 14.3. The first-order valence-corrected chi connectivity index (χ1v) is 9.27. The van der Waals surface area contributed by atoms with Gasteiger partial charge in [0.05, 0.1) is 0 Å². The van der Waals surface area contributed by atoms with E-state index in [0.717, 1.165) is 23.8 Å². The molecule has 1 aliphatic rings. The number of hydrogen-bond donors (Lipinski definition) is 1. The number of hydrogen-bond acceptors (Lipinski definition) is 3. The minimum Gasteiger partial charge on any atom is -0.351 e. The number of rotatable bonds is 3. The molecule has 2 heterocycles. The summed E-state index contributed by atoms with van der Waals surface area (Å²) in [6.45, 7) is 4.23. The quantitative estimate of drug-likeness (QED) is 0.687. The molecule has 3 rings (SSSR count). The smallest absolute Gasteiger partial charge is 0.120 e. The zero-order valence-electron chi connectivity index (χ0n) is 12.9. The SMILES string of the molecule is CC1(C)CS1(C)O.O=CCCc1ccc2ccncc2c1. The number of aldehydes is 1. The molecule has 2 aromatic rings. The van der Waals surface area contributed by atoms with Crippen LogP contribution in [0.1, 0.15) is 25.8 Å². The minimum absolute atomic E-state index is 0.285. The molecule has 1 atom stereocenters. The highest BCUT2D eigenvalue weighted by atomic mass is 32.3. The van der Waals surface area contributed by atoms with Crippen LogP contribution >= 0.6 is 10.3 Å². The zero-order chi connectivity index (χ0) is 15.5. The van der Waals surface area contributed by atoms with Crippen LogP contribution in [0.2, 0.25) is 0 Å². The van der Waals surface area contributed by atoms with Gasteiger partial charge < -0.3 is 9.35 Å². The van der Waals surface area contributed by atoms with Gasteiger partial charge in [-0.3, -0.25) is 4.98 Å². The molecule has 114 valence electrons. The Balaban J connectivity index is 0.000000194. The highest BCUT2D eigenvalue weighted by molar-refractivity contribution is 8.35. The molecule has 0 aliphatic carbocycles. The van der Waals surface area contributed by atoms with Crippen LogP contribution in [0.4, 0.5) is 0 Å². The van der Waals surface area contributed by atoms with Crippen molar-refractivity contribution in [2.45, 2.75) is 31.4 Å². The number of aromatic nitrogens is 1. The molecule has 0 spiro atoms. The van der Waals surface area contributed by atoms with Gasteiger partial charge in [0, 0.05) is 34.7 Å². The van der Waals surface area contributed by atoms with Crippen molar-refractivity contribution in [2.75, 3.05) is 12.0 Å². The molecule has 0 amide bonds. The fourth-order valence-corrected chi connectivity index (χ4v) is 3.97. The van der Waals surface area contributed by atoms with E-state index in [-0.39, 0.29) is 4.75 Å². The van der Waals surface area contributed by atoms with Crippen LogP contribution in [0, 0.1) is 0 Å².